The summed E-state index contributed by atoms with van der Waals surface area (Å²) in [6, 6.07) is 7.06. The molecule has 3 N–H and O–H groups in total. The molecule has 1 aromatic carbocycles. The van der Waals surface area contributed by atoms with Gasteiger partial charge in [-0.15, -0.1) is 0 Å². The molecule has 0 saturated carbocycles. The van der Waals surface area contributed by atoms with Gasteiger partial charge in [-0.25, -0.2) is 0 Å². The standard InChI is InChI=1S/C15H13ClN2O2/c1-10-4-5-11(3-2-6-19)13(7-10)18-15(20)14-8-12(16)9-17-14/h4-5,7-9,17,19H,6H2,1H3,(H,18,20). The molecule has 0 atom stereocenters. The Morgan fingerprint density at radius 3 is 2.90 bits per heavy atom. The first kappa shape index (κ1) is 14.2. The number of amides is 1. The molecular formula is C15H13ClN2O2. The first-order valence-electron chi connectivity index (χ1n) is 5.96. The average Bonchev–Trinajstić information content (AvgIpc) is 2.85. The monoisotopic (exact) mass is 288 g/mol. The summed E-state index contributed by atoms with van der Waals surface area (Å²) in [5.41, 5.74) is 2.62. The van der Waals surface area contributed by atoms with E-state index in [1.807, 2.05) is 19.1 Å². The van der Waals surface area contributed by atoms with Gasteiger partial charge in [0.2, 0.25) is 0 Å². The van der Waals surface area contributed by atoms with Gasteiger partial charge >= 0.3 is 0 Å². The third-order valence-corrected chi connectivity index (χ3v) is 2.84. The zero-order valence-corrected chi connectivity index (χ0v) is 11.6. The quantitative estimate of drug-likeness (QED) is 0.744. The van der Waals surface area contributed by atoms with Crippen molar-refractivity contribution in [1.29, 1.82) is 0 Å². The smallest absolute Gasteiger partial charge is 0.272 e. The highest BCUT2D eigenvalue weighted by Gasteiger charge is 2.10. The molecule has 0 bridgehead atoms. The molecule has 1 amide bonds. The lowest BCUT2D eigenvalue weighted by molar-refractivity contribution is 0.102. The van der Waals surface area contributed by atoms with Gasteiger partial charge in [0.05, 0.1) is 10.7 Å². The highest BCUT2D eigenvalue weighted by atomic mass is 35.5. The number of hydrogen-bond acceptors (Lipinski definition) is 2. The van der Waals surface area contributed by atoms with Gasteiger partial charge < -0.3 is 15.4 Å². The van der Waals surface area contributed by atoms with Crippen molar-refractivity contribution >= 4 is 23.2 Å². The number of aromatic amines is 1. The Kier molecular flexibility index (Phi) is 4.46. The van der Waals surface area contributed by atoms with Crippen molar-refractivity contribution in [2.45, 2.75) is 6.92 Å². The summed E-state index contributed by atoms with van der Waals surface area (Å²) in [5.74, 6) is 5.07. The first-order valence-corrected chi connectivity index (χ1v) is 6.33. The van der Waals surface area contributed by atoms with E-state index in [2.05, 4.69) is 22.1 Å². The highest BCUT2D eigenvalue weighted by molar-refractivity contribution is 6.31. The van der Waals surface area contributed by atoms with Crippen molar-refractivity contribution in [1.82, 2.24) is 4.98 Å². The second-order valence-electron chi connectivity index (χ2n) is 4.19. The fourth-order valence-electron chi connectivity index (χ4n) is 1.69. The maximum absolute atomic E-state index is 12.1. The minimum absolute atomic E-state index is 0.229. The van der Waals surface area contributed by atoms with Gasteiger partial charge in [0.25, 0.3) is 5.91 Å². The number of nitrogens with one attached hydrogen (secondary N) is 2. The van der Waals surface area contributed by atoms with Crippen LogP contribution in [0.3, 0.4) is 0 Å². The Balaban J connectivity index is 2.28. The van der Waals surface area contributed by atoms with E-state index in [9.17, 15) is 4.79 Å². The third kappa shape index (κ3) is 3.41. The Labute approximate surface area is 121 Å². The number of carbonyl (C=O) groups excluding carboxylic acids is 1. The number of H-pyrrole nitrogens is 1. The molecule has 0 unspecified atom stereocenters. The largest absolute Gasteiger partial charge is 0.384 e. The second-order valence-corrected chi connectivity index (χ2v) is 4.63. The number of aromatic nitrogens is 1. The van der Waals surface area contributed by atoms with Crippen LogP contribution in [0.15, 0.2) is 30.5 Å². The van der Waals surface area contributed by atoms with Crippen molar-refractivity contribution in [3.63, 3.8) is 0 Å². The number of benzene rings is 1. The maximum atomic E-state index is 12.1. The minimum atomic E-state index is -0.297. The van der Waals surface area contributed by atoms with Crippen LogP contribution >= 0.6 is 11.6 Å². The normalized spacial score (nSPS) is 9.75. The first-order chi connectivity index (χ1) is 9.60. The van der Waals surface area contributed by atoms with E-state index < -0.39 is 0 Å². The van der Waals surface area contributed by atoms with Gasteiger partial charge in [-0.2, -0.15) is 0 Å². The van der Waals surface area contributed by atoms with E-state index in [4.69, 9.17) is 16.7 Å². The molecule has 2 aromatic rings. The number of carbonyl (C=O) groups is 1. The van der Waals surface area contributed by atoms with Crippen LogP contribution in [0.4, 0.5) is 5.69 Å². The van der Waals surface area contributed by atoms with Gasteiger partial charge in [-0.3, -0.25) is 4.79 Å². The summed E-state index contributed by atoms with van der Waals surface area (Å²) < 4.78 is 0. The number of aryl methyl sites for hydroxylation is 1. The van der Waals surface area contributed by atoms with Crippen LogP contribution in [0.25, 0.3) is 0 Å². The molecule has 0 aliphatic heterocycles. The molecule has 1 heterocycles. The van der Waals surface area contributed by atoms with Crippen molar-refractivity contribution in [2.75, 3.05) is 11.9 Å². The molecule has 2 rings (SSSR count). The van der Waals surface area contributed by atoms with Gasteiger partial charge in [0.15, 0.2) is 0 Å². The van der Waals surface area contributed by atoms with Crippen molar-refractivity contribution < 1.29 is 9.90 Å². The molecule has 102 valence electrons. The molecule has 20 heavy (non-hydrogen) atoms. The summed E-state index contributed by atoms with van der Waals surface area (Å²) in [6.45, 7) is 1.69. The number of rotatable bonds is 2. The van der Waals surface area contributed by atoms with E-state index in [1.165, 1.54) is 0 Å². The third-order valence-electron chi connectivity index (χ3n) is 2.62. The highest BCUT2D eigenvalue weighted by Crippen LogP contribution is 2.18. The van der Waals surface area contributed by atoms with Gasteiger partial charge in [0, 0.05) is 11.8 Å². The van der Waals surface area contributed by atoms with Crippen molar-refractivity contribution in [3.8, 4) is 11.8 Å². The predicted molar refractivity (Wildman–Crippen MR) is 78.9 cm³/mol. The molecular weight excluding hydrogens is 276 g/mol. The number of halogens is 1. The van der Waals surface area contributed by atoms with Crippen molar-refractivity contribution in [3.05, 3.63) is 52.3 Å². The van der Waals surface area contributed by atoms with Crippen LogP contribution in [0, 0.1) is 18.8 Å². The zero-order chi connectivity index (χ0) is 14.5. The summed E-state index contributed by atoms with van der Waals surface area (Å²) in [7, 11) is 0. The van der Waals surface area contributed by atoms with Crippen LogP contribution in [-0.2, 0) is 0 Å². The van der Waals surface area contributed by atoms with Crippen LogP contribution in [0.2, 0.25) is 5.02 Å². The van der Waals surface area contributed by atoms with Crippen LogP contribution < -0.4 is 5.32 Å². The van der Waals surface area contributed by atoms with Gasteiger partial charge in [0.1, 0.15) is 12.3 Å². The summed E-state index contributed by atoms with van der Waals surface area (Å²) >= 11 is 5.77. The summed E-state index contributed by atoms with van der Waals surface area (Å²) in [5, 5.41) is 12.0. The lowest BCUT2D eigenvalue weighted by atomic mass is 10.1. The average molecular weight is 289 g/mol. The van der Waals surface area contributed by atoms with E-state index in [-0.39, 0.29) is 12.5 Å². The van der Waals surface area contributed by atoms with Gasteiger partial charge in [-0.1, -0.05) is 29.5 Å². The molecule has 0 spiro atoms. The van der Waals surface area contributed by atoms with Crippen LogP contribution in [0.1, 0.15) is 21.6 Å². The fourth-order valence-corrected chi connectivity index (χ4v) is 1.86. The van der Waals surface area contributed by atoms with E-state index in [1.54, 1.807) is 18.3 Å². The van der Waals surface area contributed by atoms with E-state index in [0.717, 1.165) is 5.56 Å². The Morgan fingerprint density at radius 2 is 2.25 bits per heavy atom. The number of aliphatic hydroxyl groups excluding tert-OH is 1. The Morgan fingerprint density at radius 1 is 1.45 bits per heavy atom. The molecule has 0 aliphatic carbocycles. The second kappa shape index (κ2) is 6.29. The van der Waals surface area contributed by atoms with Gasteiger partial charge in [-0.05, 0) is 30.7 Å². The summed E-state index contributed by atoms with van der Waals surface area (Å²) in [4.78, 5) is 14.8. The molecule has 0 fully saturated rings. The lowest BCUT2D eigenvalue weighted by Crippen LogP contribution is -2.13. The molecule has 0 radical (unpaired) electrons. The fraction of sp³-hybridized carbons (Fsp3) is 0.133. The molecule has 5 heteroatoms. The van der Waals surface area contributed by atoms with Crippen LogP contribution in [-0.4, -0.2) is 22.6 Å². The maximum Gasteiger partial charge on any atom is 0.272 e. The van der Waals surface area contributed by atoms with Crippen molar-refractivity contribution in [2.24, 2.45) is 0 Å². The Bertz CT molecular complexity index is 695. The SMILES string of the molecule is Cc1ccc(C#CCO)c(NC(=O)c2cc(Cl)c[nH]2)c1. The molecule has 1 aromatic heterocycles. The zero-order valence-electron chi connectivity index (χ0n) is 10.8. The number of aliphatic hydroxyl groups is 1. The predicted octanol–water partition coefficient (Wildman–Crippen LogP) is 2.57. The minimum Gasteiger partial charge on any atom is -0.384 e. The number of anilines is 1. The Hall–Kier alpha value is -2.22. The molecule has 4 nitrogen and oxygen atoms in total. The molecule has 0 aliphatic rings. The van der Waals surface area contributed by atoms with Crippen LogP contribution in [0.5, 0.6) is 0 Å². The summed E-state index contributed by atoms with van der Waals surface area (Å²) in [6.07, 6.45) is 1.54. The van der Waals surface area contributed by atoms with E-state index >= 15 is 0 Å². The topological polar surface area (TPSA) is 65.1 Å². The number of hydrogen-bond donors (Lipinski definition) is 3. The molecule has 0 saturated heterocycles. The van der Waals surface area contributed by atoms with E-state index in [0.29, 0.717) is 22.0 Å². The lowest BCUT2D eigenvalue weighted by Gasteiger charge is -2.07.